The highest BCUT2D eigenvalue weighted by molar-refractivity contribution is 7.11. The minimum absolute atomic E-state index is 0.0984. The maximum Gasteiger partial charge on any atom is 0.308 e. The average Bonchev–Trinajstić information content (AvgIpc) is 2.81. The van der Waals surface area contributed by atoms with Crippen molar-refractivity contribution < 1.29 is 14.7 Å². The van der Waals surface area contributed by atoms with Crippen LogP contribution < -0.4 is 0 Å². The molecule has 1 saturated heterocycles. The molecular formula is C14H17NO3S. The van der Waals surface area contributed by atoms with E-state index in [-0.39, 0.29) is 5.91 Å². The van der Waals surface area contributed by atoms with E-state index in [0.29, 0.717) is 19.5 Å². The minimum Gasteiger partial charge on any atom is -0.481 e. The number of likely N-dealkylation sites (tertiary alicyclic amines) is 1. The summed E-state index contributed by atoms with van der Waals surface area (Å²) < 4.78 is 0. The summed E-state index contributed by atoms with van der Waals surface area (Å²) in [5, 5.41) is 11.0. The van der Waals surface area contributed by atoms with E-state index < -0.39 is 11.9 Å². The van der Waals surface area contributed by atoms with Gasteiger partial charge in [-0.15, -0.1) is 11.3 Å². The smallest absolute Gasteiger partial charge is 0.308 e. The van der Waals surface area contributed by atoms with Crippen molar-refractivity contribution in [3.05, 3.63) is 28.0 Å². The Balaban J connectivity index is 1.98. The third-order valence-electron chi connectivity index (χ3n) is 3.36. The molecule has 102 valence electrons. The molecule has 0 saturated carbocycles. The second-order valence-electron chi connectivity index (χ2n) is 4.76. The van der Waals surface area contributed by atoms with E-state index in [9.17, 15) is 9.59 Å². The molecule has 1 fully saturated rings. The first-order chi connectivity index (χ1) is 9.08. The number of carboxylic acid groups (broad SMARTS) is 1. The Hall–Kier alpha value is -1.62. The molecule has 0 radical (unpaired) electrons. The lowest BCUT2D eigenvalue weighted by molar-refractivity contribution is -0.144. The van der Waals surface area contributed by atoms with Gasteiger partial charge in [-0.2, -0.15) is 0 Å². The zero-order valence-corrected chi connectivity index (χ0v) is 11.7. The van der Waals surface area contributed by atoms with Gasteiger partial charge in [0.1, 0.15) is 0 Å². The first-order valence-electron chi connectivity index (χ1n) is 6.32. The Morgan fingerprint density at radius 3 is 2.95 bits per heavy atom. The summed E-state index contributed by atoms with van der Waals surface area (Å²) in [4.78, 5) is 25.7. The molecule has 0 spiro atoms. The number of carboxylic acids is 1. The van der Waals surface area contributed by atoms with Crippen LogP contribution in [0.5, 0.6) is 0 Å². The number of aryl methyl sites for hydroxylation is 1. The van der Waals surface area contributed by atoms with Crippen LogP contribution in [0.4, 0.5) is 0 Å². The topological polar surface area (TPSA) is 57.6 Å². The number of thiophene rings is 1. The van der Waals surface area contributed by atoms with Gasteiger partial charge in [0.2, 0.25) is 5.91 Å². The van der Waals surface area contributed by atoms with Gasteiger partial charge in [0.05, 0.1) is 5.92 Å². The summed E-state index contributed by atoms with van der Waals surface area (Å²) in [5.74, 6) is -1.33. The van der Waals surface area contributed by atoms with E-state index in [1.54, 1.807) is 22.3 Å². The van der Waals surface area contributed by atoms with E-state index in [1.165, 1.54) is 0 Å². The van der Waals surface area contributed by atoms with E-state index in [1.807, 2.05) is 24.4 Å². The van der Waals surface area contributed by atoms with Gasteiger partial charge < -0.3 is 10.0 Å². The van der Waals surface area contributed by atoms with E-state index in [2.05, 4.69) is 0 Å². The molecule has 1 N–H and O–H groups in total. The highest BCUT2D eigenvalue weighted by atomic mass is 32.1. The molecule has 0 aromatic carbocycles. The lowest BCUT2D eigenvalue weighted by Gasteiger charge is -2.29. The number of carbonyl (C=O) groups is 2. The summed E-state index contributed by atoms with van der Waals surface area (Å²) in [7, 11) is 0. The molecule has 2 heterocycles. The summed E-state index contributed by atoms with van der Waals surface area (Å²) in [6.45, 7) is 2.97. The summed E-state index contributed by atoms with van der Waals surface area (Å²) in [6, 6.07) is 2.01. The van der Waals surface area contributed by atoms with Crippen molar-refractivity contribution in [3.8, 4) is 0 Å². The van der Waals surface area contributed by atoms with E-state index >= 15 is 0 Å². The van der Waals surface area contributed by atoms with Crippen LogP contribution in [0.25, 0.3) is 6.08 Å². The van der Waals surface area contributed by atoms with Gasteiger partial charge in [0.15, 0.2) is 0 Å². The molecule has 19 heavy (non-hydrogen) atoms. The van der Waals surface area contributed by atoms with Crippen LogP contribution >= 0.6 is 11.3 Å². The molecule has 0 bridgehead atoms. The zero-order chi connectivity index (χ0) is 13.8. The van der Waals surface area contributed by atoms with Crippen LogP contribution in [-0.4, -0.2) is 35.0 Å². The molecule has 5 heteroatoms. The molecule has 4 nitrogen and oxygen atoms in total. The Morgan fingerprint density at radius 2 is 2.32 bits per heavy atom. The lowest BCUT2D eigenvalue weighted by Crippen LogP contribution is -2.41. The number of hydrogen-bond donors (Lipinski definition) is 1. The standard InChI is InChI=1S/C14H17NO3S/c1-10-6-8-19-12(10)4-5-13(16)15-7-2-3-11(9-15)14(17)18/h4-6,8,11H,2-3,7,9H2,1H3,(H,17,18)/b5-4+. The van der Waals surface area contributed by atoms with Gasteiger partial charge in [-0.1, -0.05) is 0 Å². The maximum atomic E-state index is 12.0. The quantitative estimate of drug-likeness (QED) is 0.864. The average molecular weight is 279 g/mol. The monoisotopic (exact) mass is 279 g/mol. The molecule has 1 aliphatic heterocycles. The van der Waals surface area contributed by atoms with Gasteiger partial charge >= 0.3 is 5.97 Å². The highest BCUT2D eigenvalue weighted by Gasteiger charge is 2.27. The van der Waals surface area contributed by atoms with Crippen LogP contribution in [0.2, 0.25) is 0 Å². The fourth-order valence-corrected chi connectivity index (χ4v) is 3.01. The van der Waals surface area contributed by atoms with Crippen LogP contribution in [0.1, 0.15) is 23.3 Å². The van der Waals surface area contributed by atoms with Crippen molar-refractivity contribution in [1.29, 1.82) is 0 Å². The Morgan fingerprint density at radius 1 is 1.53 bits per heavy atom. The second-order valence-corrected chi connectivity index (χ2v) is 5.71. The number of carbonyl (C=O) groups excluding carboxylic acids is 1. The van der Waals surface area contributed by atoms with Gasteiger partial charge in [-0.05, 0) is 42.9 Å². The molecule has 1 aliphatic rings. The first-order valence-corrected chi connectivity index (χ1v) is 7.20. The maximum absolute atomic E-state index is 12.0. The molecule has 1 aromatic heterocycles. The molecule has 1 aromatic rings. The normalized spacial score (nSPS) is 19.8. The molecule has 1 unspecified atom stereocenters. The fourth-order valence-electron chi connectivity index (χ4n) is 2.19. The van der Waals surface area contributed by atoms with Gasteiger partial charge in [-0.3, -0.25) is 9.59 Å². The van der Waals surface area contributed by atoms with Crippen LogP contribution in [0.3, 0.4) is 0 Å². The third-order valence-corrected chi connectivity index (χ3v) is 4.35. The predicted octanol–water partition coefficient (Wildman–Crippen LogP) is 2.39. The zero-order valence-electron chi connectivity index (χ0n) is 10.8. The van der Waals surface area contributed by atoms with Crippen LogP contribution in [0.15, 0.2) is 17.5 Å². The number of piperidine rings is 1. The summed E-state index contributed by atoms with van der Waals surface area (Å²) >= 11 is 1.59. The van der Waals surface area contributed by atoms with Crippen molar-refractivity contribution >= 4 is 29.3 Å². The van der Waals surface area contributed by atoms with Gasteiger partial charge in [0.25, 0.3) is 0 Å². The van der Waals surface area contributed by atoms with E-state index in [0.717, 1.165) is 16.9 Å². The fraction of sp³-hybridized carbons (Fsp3) is 0.429. The molecule has 1 atom stereocenters. The van der Waals surface area contributed by atoms with Crippen molar-refractivity contribution in [1.82, 2.24) is 4.90 Å². The lowest BCUT2D eigenvalue weighted by atomic mass is 9.98. The Bertz CT molecular complexity index is 507. The summed E-state index contributed by atoms with van der Waals surface area (Å²) in [5.41, 5.74) is 1.15. The van der Waals surface area contributed by atoms with Crippen LogP contribution in [-0.2, 0) is 9.59 Å². The van der Waals surface area contributed by atoms with Crippen molar-refractivity contribution in [2.24, 2.45) is 5.92 Å². The summed E-state index contributed by atoms with van der Waals surface area (Å²) in [6.07, 6.45) is 4.78. The minimum atomic E-state index is -0.810. The van der Waals surface area contributed by atoms with Crippen molar-refractivity contribution in [3.63, 3.8) is 0 Å². The van der Waals surface area contributed by atoms with Crippen LogP contribution in [0, 0.1) is 12.8 Å². The SMILES string of the molecule is Cc1ccsc1/C=C/C(=O)N1CCCC(C(=O)O)C1. The van der Waals surface area contributed by atoms with Gasteiger partial charge in [0, 0.05) is 24.0 Å². The van der Waals surface area contributed by atoms with E-state index in [4.69, 9.17) is 5.11 Å². The largest absolute Gasteiger partial charge is 0.481 e. The third kappa shape index (κ3) is 3.44. The number of amides is 1. The molecule has 0 aliphatic carbocycles. The second kappa shape index (κ2) is 6.02. The molecule has 1 amide bonds. The number of hydrogen-bond acceptors (Lipinski definition) is 3. The Labute approximate surface area is 116 Å². The van der Waals surface area contributed by atoms with Crippen molar-refractivity contribution in [2.45, 2.75) is 19.8 Å². The predicted molar refractivity (Wildman–Crippen MR) is 75.0 cm³/mol. The highest BCUT2D eigenvalue weighted by Crippen LogP contribution is 2.19. The number of rotatable bonds is 3. The number of nitrogens with zero attached hydrogens (tertiary/aromatic N) is 1. The Kier molecular flexibility index (Phi) is 4.37. The molecular weight excluding hydrogens is 262 g/mol. The van der Waals surface area contributed by atoms with Gasteiger partial charge in [-0.25, -0.2) is 0 Å². The van der Waals surface area contributed by atoms with Crippen molar-refractivity contribution in [2.75, 3.05) is 13.1 Å². The molecule has 2 rings (SSSR count). The first kappa shape index (κ1) is 13.8. The number of aliphatic carboxylic acids is 1.